The molecule has 1 atom stereocenters. The van der Waals surface area contributed by atoms with E-state index in [4.69, 9.17) is 0 Å². The normalized spacial score (nSPS) is 18.2. The average molecular weight is 282 g/mol. The molecule has 1 aromatic carbocycles. The second-order valence-corrected chi connectivity index (χ2v) is 4.80. The standard InChI is InChI=1S/C14H16F2N2O2/c1-9(18-6-4-13(19)17-5-7-18)14(20)11-3-2-10(15)8-12(11)16/h2-3,8-9H,4-7H2,1H3,(H,17,19). The second-order valence-electron chi connectivity index (χ2n) is 4.80. The van der Waals surface area contributed by atoms with Gasteiger partial charge in [-0.25, -0.2) is 8.78 Å². The summed E-state index contributed by atoms with van der Waals surface area (Å²) in [6.07, 6.45) is 0.309. The number of hydrogen-bond acceptors (Lipinski definition) is 3. The Morgan fingerprint density at radius 1 is 1.35 bits per heavy atom. The summed E-state index contributed by atoms with van der Waals surface area (Å²) in [4.78, 5) is 25.3. The first kappa shape index (κ1) is 14.6. The Morgan fingerprint density at radius 3 is 2.80 bits per heavy atom. The molecule has 0 aromatic heterocycles. The molecule has 2 rings (SSSR count). The highest BCUT2D eigenvalue weighted by Crippen LogP contribution is 2.15. The lowest BCUT2D eigenvalue weighted by Crippen LogP contribution is -2.41. The SMILES string of the molecule is CC(C(=O)c1ccc(F)cc1F)N1CCNC(=O)CC1. The summed E-state index contributed by atoms with van der Waals surface area (Å²) in [5.41, 5.74) is -0.123. The summed E-state index contributed by atoms with van der Waals surface area (Å²) in [5, 5.41) is 2.71. The van der Waals surface area contributed by atoms with Crippen LogP contribution in [0.1, 0.15) is 23.7 Å². The number of rotatable bonds is 3. The fourth-order valence-electron chi connectivity index (χ4n) is 2.25. The lowest BCUT2D eigenvalue weighted by molar-refractivity contribution is -0.120. The summed E-state index contributed by atoms with van der Waals surface area (Å²) in [6.45, 7) is 3.10. The molecule has 20 heavy (non-hydrogen) atoms. The summed E-state index contributed by atoms with van der Waals surface area (Å²) in [7, 11) is 0. The van der Waals surface area contributed by atoms with Gasteiger partial charge in [0.2, 0.25) is 5.91 Å². The van der Waals surface area contributed by atoms with E-state index in [1.54, 1.807) is 6.92 Å². The number of carbonyl (C=O) groups is 2. The van der Waals surface area contributed by atoms with E-state index < -0.39 is 23.5 Å². The van der Waals surface area contributed by atoms with Crippen molar-refractivity contribution in [3.8, 4) is 0 Å². The lowest BCUT2D eigenvalue weighted by atomic mass is 10.0. The van der Waals surface area contributed by atoms with E-state index in [0.717, 1.165) is 12.1 Å². The van der Waals surface area contributed by atoms with Gasteiger partial charge in [0, 0.05) is 32.1 Å². The van der Waals surface area contributed by atoms with Crippen LogP contribution >= 0.6 is 0 Å². The van der Waals surface area contributed by atoms with Crippen molar-refractivity contribution < 1.29 is 18.4 Å². The van der Waals surface area contributed by atoms with Crippen LogP contribution in [0.5, 0.6) is 0 Å². The molecule has 0 spiro atoms. The van der Waals surface area contributed by atoms with Crippen LogP contribution in [0.2, 0.25) is 0 Å². The van der Waals surface area contributed by atoms with Crippen LogP contribution < -0.4 is 5.32 Å². The molecular formula is C14H16F2N2O2. The highest BCUT2D eigenvalue weighted by Gasteiger charge is 2.26. The number of benzene rings is 1. The minimum absolute atomic E-state index is 0.0555. The molecule has 1 aliphatic heterocycles. The van der Waals surface area contributed by atoms with Crippen molar-refractivity contribution in [2.75, 3.05) is 19.6 Å². The fraction of sp³-hybridized carbons (Fsp3) is 0.429. The third kappa shape index (κ3) is 3.19. The number of nitrogens with one attached hydrogen (secondary N) is 1. The molecule has 4 nitrogen and oxygen atoms in total. The minimum atomic E-state index is -0.856. The van der Waals surface area contributed by atoms with Gasteiger partial charge in [-0.3, -0.25) is 14.5 Å². The van der Waals surface area contributed by atoms with Crippen molar-refractivity contribution >= 4 is 11.7 Å². The number of amides is 1. The second kappa shape index (κ2) is 6.09. The molecule has 1 saturated heterocycles. The topological polar surface area (TPSA) is 49.4 Å². The Balaban J connectivity index is 2.13. The monoisotopic (exact) mass is 282 g/mol. The Labute approximate surface area is 115 Å². The molecule has 0 bridgehead atoms. The Kier molecular flexibility index (Phi) is 4.44. The molecule has 1 N–H and O–H groups in total. The molecule has 1 unspecified atom stereocenters. The molecule has 1 aliphatic rings. The predicted molar refractivity (Wildman–Crippen MR) is 69.4 cm³/mol. The van der Waals surface area contributed by atoms with E-state index >= 15 is 0 Å². The van der Waals surface area contributed by atoms with E-state index in [0.29, 0.717) is 32.1 Å². The molecule has 6 heteroatoms. The Hall–Kier alpha value is -1.82. The number of nitrogens with zero attached hydrogens (tertiary/aromatic N) is 1. The van der Waals surface area contributed by atoms with Gasteiger partial charge in [0.05, 0.1) is 11.6 Å². The van der Waals surface area contributed by atoms with Gasteiger partial charge in [0.25, 0.3) is 0 Å². The van der Waals surface area contributed by atoms with Crippen LogP contribution in [0.15, 0.2) is 18.2 Å². The summed E-state index contributed by atoms with van der Waals surface area (Å²) in [6, 6.07) is 2.37. The lowest BCUT2D eigenvalue weighted by Gasteiger charge is -2.25. The molecule has 1 aromatic rings. The molecule has 1 fully saturated rings. The van der Waals surface area contributed by atoms with Crippen LogP contribution in [-0.2, 0) is 4.79 Å². The van der Waals surface area contributed by atoms with Crippen molar-refractivity contribution in [3.05, 3.63) is 35.4 Å². The number of Topliss-reactive ketones (excluding diaryl/α,β-unsaturated/α-hetero) is 1. The third-order valence-corrected chi connectivity index (χ3v) is 3.47. The highest BCUT2D eigenvalue weighted by molar-refractivity contribution is 6.00. The van der Waals surface area contributed by atoms with Gasteiger partial charge in [-0.1, -0.05) is 0 Å². The zero-order valence-corrected chi connectivity index (χ0v) is 11.2. The van der Waals surface area contributed by atoms with Gasteiger partial charge in [0.1, 0.15) is 11.6 Å². The molecule has 1 heterocycles. The Bertz CT molecular complexity index is 534. The van der Waals surface area contributed by atoms with Crippen LogP contribution in [0.25, 0.3) is 0 Å². The highest BCUT2D eigenvalue weighted by atomic mass is 19.1. The quantitative estimate of drug-likeness (QED) is 0.852. The zero-order valence-electron chi connectivity index (χ0n) is 11.2. The molecular weight excluding hydrogens is 266 g/mol. The number of halogens is 2. The van der Waals surface area contributed by atoms with Crippen LogP contribution in [0.3, 0.4) is 0 Å². The van der Waals surface area contributed by atoms with Gasteiger partial charge < -0.3 is 5.32 Å². The minimum Gasteiger partial charge on any atom is -0.355 e. The third-order valence-electron chi connectivity index (χ3n) is 3.47. The largest absolute Gasteiger partial charge is 0.355 e. The first-order chi connectivity index (χ1) is 9.49. The first-order valence-corrected chi connectivity index (χ1v) is 6.49. The van der Waals surface area contributed by atoms with E-state index in [1.807, 2.05) is 4.90 Å². The molecule has 108 valence electrons. The maximum absolute atomic E-state index is 13.6. The maximum Gasteiger partial charge on any atom is 0.221 e. The van der Waals surface area contributed by atoms with E-state index in [1.165, 1.54) is 0 Å². The molecule has 0 saturated carbocycles. The predicted octanol–water partition coefficient (Wildman–Crippen LogP) is 1.36. The van der Waals surface area contributed by atoms with Crippen molar-refractivity contribution in [2.45, 2.75) is 19.4 Å². The van der Waals surface area contributed by atoms with Crippen molar-refractivity contribution in [3.63, 3.8) is 0 Å². The summed E-state index contributed by atoms with van der Waals surface area (Å²) < 4.78 is 26.5. The van der Waals surface area contributed by atoms with Gasteiger partial charge >= 0.3 is 0 Å². The van der Waals surface area contributed by atoms with Crippen molar-refractivity contribution in [1.82, 2.24) is 10.2 Å². The van der Waals surface area contributed by atoms with Gasteiger partial charge in [0.15, 0.2) is 5.78 Å². The first-order valence-electron chi connectivity index (χ1n) is 6.49. The van der Waals surface area contributed by atoms with E-state index in [9.17, 15) is 18.4 Å². The van der Waals surface area contributed by atoms with Crippen LogP contribution in [0, 0.1) is 11.6 Å². The molecule has 0 aliphatic carbocycles. The number of hydrogen-bond donors (Lipinski definition) is 1. The number of carbonyl (C=O) groups excluding carboxylic acids is 2. The van der Waals surface area contributed by atoms with Crippen LogP contribution in [0.4, 0.5) is 8.78 Å². The van der Waals surface area contributed by atoms with E-state index in [-0.39, 0.29) is 11.5 Å². The van der Waals surface area contributed by atoms with E-state index in [2.05, 4.69) is 5.32 Å². The van der Waals surface area contributed by atoms with Gasteiger partial charge in [-0.05, 0) is 19.1 Å². The summed E-state index contributed by atoms with van der Waals surface area (Å²) >= 11 is 0. The van der Waals surface area contributed by atoms with Crippen LogP contribution in [-0.4, -0.2) is 42.3 Å². The zero-order chi connectivity index (χ0) is 14.7. The van der Waals surface area contributed by atoms with Gasteiger partial charge in [-0.15, -0.1) is 0 Å². The van der Waals surface area contributed by atoms with Gasteiger partial charge in [-0.2, -0.15) is 0 Å². The van der Waals surface area contributed by atoms with Crippen molar-refractivity contribution in [2.24, 2.45) is 0 Å². The average Bonchev–Trinajstić information content (AvgIpc) is 2.62. The molecule has 1 amide bonds. The number of ketones is 1. The maximum atomic E-state index is 13.6. The smallest absolute Gasteiger partial charge is 0.221 e. The Morgan fingerprint density at radius 2 is 2.10 bits per heavy atom. The van der Waals surface area contributed by atoms with Crippen molar-refractivity contribution in [1.29, 1.82) is 0 Å². The fourth-order valence-corrected chi connectivity index (χ4v) is 2.25. The summed E-state index contributed by atoms with van der Waals surface area (Å²) in [5.74, 6) is -2.03. The molecule has 0 radical (unpaired) electrons.